The average molecular weight is 271 g/mol. The number of hydrogen-bond donors (Lipinski definition) is 3. The number of carbonyl (C=O) groups is 1. The first-order valence-electron chi connectivity index (χ1n) is 7.38. The van der Waals surface area contributed by atoms with Gasteiger partial charge in [-0.15, -0.1) is 0 Å². The zero-order valence-electron chi connectivity index (χ0n) is 11.9. The van der Waals surface area contributed by atoms with Gasteiger partial charge in [0.15, 0.2) is 6.54 Å². The SMILES string of the molecule is CCCCCC(O)=[NH+]CCN1CCC[C@H]1CC(=O)O. The molecule has 0 bridgehead atoms. The van der Waals surface area contributed by atoms with E-state index in [1.165, 1.54) is 0 Å². The van der Waals surface area contributed by atoms with Gasteiger partial charge in [-0.1, -0.05) is 19.8 Å². The minimum Gasteiger partial charge on any atom is -0.481 e. The summed E-state index contributed by atoms with van der Waals surface area (Å²) in [6.07, 6.45) is 6.29. The molecule has 0 saturated carbocycles. The summed E-state index contributed by atoms with van der Waals surface area (Å²) in [5.41, 5.74) is 0. The molecule has 0 aromatic rings. The Morgan fingerprint density at radius 1 is 1.37 bits per heavy atom. The first-order chi connectivity index (χ1) is 9.13. The highest BCUT2D eigenvalue weighted by molar-refractivity contribution is 5.67. The predicted molar refractivity (Wildman–Crippen MR) is 74.5 cm³/mol. The maximum absolute atomic E-state index is 10.7. The lowest BCUT2D eigenvalue weighted by atomic mass is 10.1. The van der Waals surface area contributed by atoms with Crippen molar-refractivity contribution in [1.82, 2.24) is 4.90 Å². The quantitative estimate of drug-likeness (QED) is 0.325. The molecule has 1 atom stereocenters. The van der Waals surface area contributed by atoms with Crippen molar-refractivity contribution >= 4 is 11.9 Å². The summed E-state index contributed by atoms with van der Waals surface area (Å²) in [5, 5.41) is 18.5. The van der Waals surface area contributed by atoms with E-state index in [0.717, 1.165) is 45.2 Å². The number of hydrogen-bond acceptors (Lipinski definition) is 2. The van der Waals surface area contributed by atoms with E-state index in [-0.39, 0.29) is 12.5 Å². The third-order valence-corrected chi connectivity index (χ3v) is 3.65. The summed E-state index contributed by atoms with van der Waals surface area (Å²) < 4.78 is 0. The molecule has 5 heteroatoms. The highest BCUT2D eigenvalue weighted by Gasteiger charge is 2.26. The van der Waals surface area contributed by atoms with Gasteiger partial charge in [-0.2, -0.15) is 0 Å². The number of likely N-dealkylation sites (tertiary alicyclic amines) is 1. The minimum absolute atomic E-state index is 0.168. The molecule has 3 N–H and O–H groups in total. The summed E-state index contributed by atoms with van der Waals surface area (Å²) in [6.45, 7) is 4.60. The molecule has 5 nitrogen and oxygen atoms in total. The van der Waals surface area contributed by atoms with Gasteiger partial charge < -0.3 is 10.2 Å². The molecular weight excluding hydrogens is 244 g/mol. The summed E-state index contributed by atoms with van der Waals surface area (Å²) in [4.78, 5) is 16.0. The van der Waals surface area contributed by atoms with E-state index >= 15 is 0 Å². The Balaban J connectivity index is 2.23. The lowest BCUT2D eigenvalue weighted by Crippen LogP contribution is -2.75. The maximum atomic E-state index is 10.7. The zero-order chi connectivity index (χ0) is 14.1. The van der Waals surface area contributed by atoms with Crippen molar-refractivity contribution in [3.05, 3.63) is 0 Å². The van der Waals surface area contributed by atoms with E-state index in [1.807, 2.05) is 0 Å². The van der Waals surface area contributed by atoms with Crippen molar-refractivity contribution < 1.29 is 20.0 Å². The van der Waals surface area contributed by atoms with Gasteiger partial charge in [0, 0.05) is 6.04 Å². The van der Waals surface area contributed by atoms with Gasteiger partial charge in [-0.05, 0) is 25.8 Å². The van der Waals surface area contributed by atoms with Crippen LogP contribution in [0.2, 0.25) is 0 Å². The Morgan fingerprint density at radius 3 is 2.84 bits per heavy atom. The second-order valence-corrected chi connectivity index (χ2v) is 5.26. The number of aliphatic carboxylic acids is 1. The summed E-state index contributed by atoms with van der Waals surface area (Å²) in [6, 6.07) is 0.168. The van der Waals surface area contributed by atoms with Gasteiger partial charge in [0.2, 0.25) is 0 Å². The Bertz CT molecular complexity index is 305. The predicted octanol–water partition coefficient (Wildman–Crippen LogP) is 0.543. The molecule has 1 aliphatic heterocycles. The molecule has 1 saturated heterocycles. The molecule has 19 heavy (non-hydrogen) atoms. The molecule has 1 fully saturated rings. The average Bonchev–Trinajstić information content (AvgIpc) is 2.76. The van der Waals surface area contributed by atoms with Crippen molar-refractivity contribution in [2.75, 3.05) is 19.6 Å². The Morgan fingerprint density at radius 2 is 2.16 bits per heavy atom. The molecule has 110 valence electrons. The van der Waals surface area contributed by atoms with Crippen LogP contribution < -0.4 is 4.99 Å². The Labute approximate surface area is 115 Å². The number of aliphatic hydroxyl groups is 1. The second kappa shape index (κ2) is 8.91. The number of aliphatic hydroxyl groups excluding tert-OH is 1. The van der Waals surface area contributed by atoms with E-state index in [9.17, 15) is 9.90 Å². The highest BCUT2D eigenvalue weighted by Crippen LogP contribution is 2.18. The first-order valence-corrected chi connectivity index (χ1v) is 7.38. The van der Waals surface area contributed by atoms with Crippen LogP contribution in [0.3, 0.4) is 0 Å². The summed E-state index contributed by atoms with van der Waals surface area (Å²) in [5.74, 6) is -0.360. The van der Waals surface area contributed by atoms with Gasteiger partial charge >= 0.3 is 11.9 Å². The van der Waals surface area contributed by atoms with Crippen LogP contribution in [-0.4, -0.2) is 52.7 Å². The smallest absolute Gasteiger partial charge is 0.332 e. The topological polar surface area (TPSA) is 74.7 Å². The number of carboxylic acids is 1. The molecule has 0 amide bonds. The van der Waals surface area contributed by atoms with Crippen molar-refractivity contribution in [2.45, 2.75) is 57.9 Å². The van der Waals surface area contributed by atoms with Crippen molar-refractivity contribution in [3.8, 4) is 0 Å². The van der Waals surface area contributed by atoms with Crippen LogP contribution in [0.25, 0.3) is 0 Å². The van der Waals surface area contributed by atoms with E-state index in [2.05, 4.69) is 16.8 Å². The molecule has 1 rings (SSSR count). The van der Waals surface area contributed by atoms with Crippen LogP contribution in [0.4, 0.5) is 0 Å². The van der Waals surface area contributed by atoms with E-state index in [0.29, 0.717) is 18.9 Å². The molecule has 0 unspecified atom stereocenters. The maximum Gasteiger partial charge on any atom is 0.332 e. The van der Waals surface area contributed by atoms with Gasteiger partial charge in [-0.3, -0.25) is 9.69 Å². The number of carboxylic acid groups (broad SMARTS) is 1. The first kappa shape index (κ1) is 16.0. The molecule has 0 aromatic carbocycles. The third kappa shape index (κ3) is 6.57. The zero-order valence-corrected chi connectivity index (χ0v) is 11.9. The second-order valence-electron chi connectivity index (χ2n) is 5.26. The van der Waals surface area contributed by atoms with Crippen molar-refractivity contribution in [3.63, 3.8) is 0 Å². The lowest BCUT2D eigenvalue weighted by Gasteiger charge is -2.20. The molecular formula is C14H27N2O3+. The van der Waals surface area contributed by atoms with Gasteiger partial charge in [0.25, 0.3) is 0 Å². The number of nitrogens with one attached hydrogen (secondary N) is 1. The monoisotopic (exact) mass is 271 g/mol. The lowest BCUT2D eigenvalue weighted by molar-refractivity contribution is -0.468. The molecule has 1 heterocycles. The van der Waals surface area contributed by atoms with Crippen LogP contribution in [0.5, 0.6) is 0 Å². The molecule has 0 aliphatic carbocycles. The van der Waals surface area contributed by atoms with Crippen LogP contribution in [0.1, 0.15) is 51.9 Å². The van der Waals surface area contributed by atoms with E-state index in [1.54, 1.807) is 0 Å². The summed E-state index contributed by atoms with van der Waals surface area (Å²) >= 11 is 0. The fourth-order valence-corrected chi connectivity index (χ4v) is 2.60. The molecule has 1 aliphatic rings. The Kier molecular flexibility index (Phi) is 7.48. The highest BCUT2D eigenvalue weighted by atomic mass is 16.4. The van der Waals surface area contributed by atoms with Crippen LogP contribution in [0, 0.1) is 0 Å². The van der Waals surface area contributed by atoms with Crippen LogP contribution in [-0.2, 0) is 4.79 Å². The normalized spacial score (nSPS) is 20.9. The molecule has 0 spiro atoms. The Hall–Kier alpha value is -1.10. The van der Waals surface area contributed by atoms with Gasteiger partial charge in [-0.25, -0.2) is 4.99 Å². The number of unbranched alkanes of at least 4 members (excludes halogenated alkanes) is 2. The number of nitrogens with zero attached hydrogens (tertiary/aromatic N) is 1. The third-order valence-electron chi connectivity index (χ3n) is 3.65. The minimum atomic E-state index is -0.723. The fourth-order valence-electron chi connectivity index (χ4n) is 2.60. The standard InChI is InChI=1S/C14H26N2O3/c1-2-3-4-7-13(17)15-8-10-16-9-5-6-12(16)11-14(18)19/h12H,2-11H2,1H3,(H,15,17)(H,18,19)/p+1/t12-/m0/s1. The van der Waals surface area contributed by atoms with Crippen LogP contribution >= 0.6 is 0 Å². The molecule has 0 radical (unpaired) electrons. The largest absolute Gasteiger partial charge is 0.481 e. The fraction of sp³-hybridized carbons (Fsp3) is 0.857. The van der Waals surface area contributed by atoms with Crippen LogP contribution in [0.15, 0.2) is 0 Å². The van der Waals surface area contributed by atoms with Gasteiger partial charge in [0.1, 0.15) is 0 Å². The van der Waals surface area contributed by atoms with Gasteiger partial charge in [0.05, 0.1) is 19.4 Å². The molecule has 0 aromatic heterocycles. The number of rotatable bonds is 9. The van der Waals surface area contributed by atoms with E-state index in [4.69, 9.17) is 5.11 Å². The van der Waals surface area contributed by atoms with Crippen molar-refractivity contribution in [1.29, 1.82) is 0 Å². The summed E-state index contributed by atoms with van der Waals surface area (Å²) in [7, 11) is 0. The van der Waals surface area contributed by atoms with Crippen molar-refractivity contribution in [2.24, 2.45) is 0 Å². The van der Waals surface area contributed by atoms with E-state index < -0.39 is 5.97 Å².